The van der Waals surface area contributed by atoms with Crippen molar-refractivity contribution in [2.45, 2.75) is 26.8 Å². The van der Waals surface area contributed by atoms with Gasteiger partial charge in [-0.15, -0.1) is 11.3 Å². The van der Waals surface area contributed by atoms with Gasteiger partial charge in [0.2, 0.25) is 16.9 Å². The number of aryl methyl sites for hydroxylation is 2. The van der Waals surface area contributed by atoms with Gasteiger partial charge in [-0.3, -0.25) is 9.59 Å². The fourth-order valence-corrected chi connectivity index (χ4v) is 3.81. The highest BCUT2D eigenvalue weighted by Gasteiger charge is 2.23. The lowest BCUT2D eigenvalue weighted by atomic mass is 10.1. The van der Waals surface area contributed by atoms with Gasteiger partial charge in [-0.2, -0.15) is 0 Å². The molecule has 3 heterocycles. The van der Waals surface area contributed by atoms with Crippen LogP contribution >= 0.6 is 11.3 Å². The Morgan fingerprint density at radius 1 is 1.17 bits per heavy atom. The number of carbonyl (C=O) groups excluding carboxylic acids is 1. The van der Waals surface area contributed by atoms with Crippen molar-refractivity contribution < 1.29 is 18.4 Å². The number of nitrogens with one attached hydrogen (secondary N) is 1. The van der Waals surface area contributed by atoms with Crippen LogP contribution < -0.4 is 15.5 Å². The van der Waals surface area contributed by atoms with Crippen molar-refractivity contribution >= 4 is 28.4 Å². The largest absolute Gasteiger partial charge is 0.497 e. The van der Waals surface area contributed by atoms with Crippen LogP contribution in [0.1, 0.15) is 22.0 Å². The molecule has 0 aliphatic carbocycles. The Morgan fingerprint density at radius 2 is 1.93 bits per heavy atom. The average Bonchev–Trinajstić information content (AvgIpc) is 3.30. The fourth-order valence-electron chi connectivity index (χ4n) is 3.20. The quantitative estimate of drug-likeness (QED) is 0.503. The molecule has 0 fully saturated rings. The number of rotatable bonds is 6. The van der Waals surface area contributed by atoms with E-state index in [2.05, 4.69) is 10.3 Å². The van der Waals surface area contributed by atoms with Gasteiger partial charge >= 0.3 is 0 Å². The summed E-state index contributed by atoms with van der Waals surface area (Å²) in [5.41, 5.74) is 2.17. The van der Waals surface area contributed by atoms with E-state index in [-0.39, 0.29) is 23.3 Å². The molecule has 7 nitrogen and oxygen atoms in total. The van der Waals surface area contributed by atoms with Crippen molar-refractivity contribution in [1.82, 2.24) is 10.3 Å². The van der Waals surface area contributed by atoms with E-state index in [0.717, 1.165) is 16.3 Å². The van der Waals surface area contributed by atoms with Crippen molar-refractivity contribution in [3.63, 3.8) is 0 Å². The van der Waals surface area contributed by atoms with Gasteiger partial charge in [0.15, 0.2) is 5.58 Å². The maximum Gasteiger partial charge on any atom is 0.228 e. The molecular weight excluding hydrogens is 404 g/mol. The zero-order valence-corrected chi connectivity index (χ0v) is 17.6. The van der Waals surface area contributed by atoms with Crippen LogP contribution in [-0.2, 0) is 17.8 Å². The maximum atomic E-state index is 12.7. The number of fused-ring (bicyclic) bond motifs is 1. The number of nitrogens with zero attached hydrogens (tertiary/aromatic N) is 1. The number of thiazole rings is 1. The van der Waals surface area contributed by atoms with Gasteiger partial charge in [0, 0.05) is 17.0 Å². The minimum absolute atomic E-state index is 0.00384. The summed E-state index contributed by atoms with van der Waals surface area (Å²) in [5, 5.41) is 5.72. The Morgan fingerprint density at radius 3 is 2.60 bits per heavy atom. The van der Waals surface area contributed by atoms with E-state index < -0.39 is 0 Å². The maximum absolute atomic E-state index is 12.7. The lowest BCUT2D eigenvalue weighted by molar-refractivity contribution is -0.120. The number of benzene rings is 1. The molecule has 0 unspecified atom stereocenters. The van der Waals surface area contributed by atoms with Crippen LogP contribution in [0, 0.1) is 13.8 Å². The summed E-state index contributed by atoms with van der Waals surface area (Å²) in [6.45, 7) is 3.94. The number of carbonyl (C=O) groups is 1. The third-order valence-corrected chi connectivity index (χ3v) is 5.42. The van der Waals surface area contributed by atoms with Gasteiger partial charge in [0.25, 0.3) is 0 Å². The Bertz CT molecular complexity index is 1270. The summed E-state index contributed by atoms with van der Waals surface area (Å²) < 4.78 is 16.9. The molecule has 0 radical (unpaired) electrons. The molecular formula is C22H20N2O5S. The number of methoxy groups -OCH3 is 1. The molecule has 0 aliphatic rings. The molecule has 1 amide bonds. The second-order valence-corrected chi connectivity index (χ2v) is 7.89. The first-order valence-corrected chi connectivity index (χ1v) is 10.2. The monoisotopic (exact) mass is 424 g/mol. The summed E-state index contributed by atoms with van der Waals surface area (Å²) in [7, 11) is 1.58. The van der Waals surface area contributed by atoms with E-state index in [9.17, 15) is 9.59 Å². The topological polar surface area (TPSA) is 94.6 Å². The Labute approximate surface area is 176 Å². The minimum Gasteiger partial charge on any atom is -0.497 e. The van der Waals surface area contributed by atoms with Crippen LogP contribution in [0.3, 0.4) is 0 Å². The van der Waals surface area contributed by atoms with Gasteiger partial charge in [0.05, 0.1) is 36.3 Å². The SMILES string of the molecule is COc1ccc(-c2oc3c(=O)cc(C)oc3c2CC(=O)NCc2csc(C)n2)cc1. The summed E-state index contributed by atoms with van der Waals surface area (Å²) in [4.78, 5) is 29.4. The van der Waals surface area contributed by atoms with Crippen molar-refractivity contribution in [3.8, 4) is 17.1 Å². The normalized spacial score (nSPS) is 11.0. The number of ether oxygens (including phenoxy) is 1. The number of hydrogen-bond acceptors (Lipinski definition) is 7. The first kappa shape index (κ1) is 19.9. The van der Waals surface area contributed by atoms with Crippen LogP contribution in [0.15, 0.2) is 49.3 Å². The number of hydrogen-bond donors (Lipinski definition) is 1. The van der Waals surface area contributed by atoms with Gasteiger partial charge < -0.3 is 18.9 Å². The highest BCUT2D eigenvalue weighted by Crippen LogP contribution is 2.34. The van der Waals surface area contributed by atoms with E-state index in [4.69, 9.17) is 13.6 Å². The minimum atomic E-state index is -0.284. The van der Waals surface area contributed by atoms with Gasteiger partial charge in [-0.05, 0) is 38.1 Å². The molecule has 0 spiro atoms. The molecule has 0 bridgehead atoms. The van der Waals surface area contributed by atoms with E-state index in [1.807, 2.05) is 24.4 Å². The second-order valence-electron chi connectivity index (χ2n) is 6.83. The molecule has 0 saturated carbocycles. The zero-order chi connectivity index (χ0) is 21.3. The van der Waals surface area contributed by atoms with Crippen molar-refractivity contribution in [3.05, 3.63) is 68.0 Å². The van der Waals surface area contributed by atoms with Gasteiger partial charge in [-0.25, -0.2) is 4.98 Å². The first-order chi connectivity index (χ1) is 14.4. The van der Waals surface area contributed by atoms with Gasteiger partial charge in [-0.1, -0.05) is 0 Å². The van der Waals surface area contributed by atoms with Crippen LogP contribution in [0.2, 0.25) is 0 Å². The summed E-state index contributed by atoms with van der Waals surface area (Å²) >= 11 is 1.53. The van der Waals surface area contributed by atoms with Crippen LogP contribution in [0.25, 0.3) is 22.5 Å². The summed E-state index contributed by atoms with van der Waals surface area (Å²) in [6.07, 6.45) is 0.00384. The molecule has 0 aliphatic heterocycles. The summed E-state index contributed by atoms with van der Waals surface area (Å²) in [6, 6.07) is 8.58. The average molecular weight is 424 g/mol. The molecule has 30 heavy (non-hydrogen) atoms. The van der Waals surface area contributed by atoms with E-state index in [1.165, 1.54) is 17.4 Å². The Hall–Kier alpha value is -3.39. The summed E-state index contributed by atoms with van der Waals surface area (Å²) in [5.74, 6) is 1.35. The molecule has 0 saturated heterocycles. The first-order valence-electron chi connectivity index (χ1n) is 9.33. The van der Waals surface area contributed by atoms with E-state index in [0.29, 0.717) is 35.0 Å². The standard InChI is InChI=1S/C22H20N2O5S/c1-12-8-18(25)22-21(28-12)17(9-19(26)23-10-15-11-30-13(2)24-15)20(29-22)14-4-6-16(27-3)7-5-14/h4-8,11H,9-10H2,1-3H3,(H,23,26). The fraction of sp³-hybridized carbons (Fsp3) is 0.227. The highest BCUT2D eigenvalue weighted by molar-refractivity contribution is 7.09. The van der Waals surface area contributed by atoms with Crippen LogP contribution in [-0.4, -0.2) is 18.0 Å². The molecule has 154 valence electrons. The van der Waals surface area contributed by atoms with Gasteiger partial charge in [0.1, 0.15) is 17.3 Å². The zero-order valence-electron chi connectivity index (χ0n) is 16.8. The Balaban J connectivity index is 1.70. The molecule has 3 aromatic heterocycles. The highest BCUT2D eigenvalue weighted by atomic mass is 32.1. The van der Waals surface area contributed by atoms with Crippen LogP contribution in [0.4, 0.5) is 0 Å². The number of aromatic nitrogens is 1. The lowest BCUT2D eigenvalue weighted by Crippen LogP contribution is -2.24. The molecule has 0 atom stereocenters. The van der Waals surface area contributed by atoms with Crippen molar-refractivity contribution in [1.29, 1.82) is 0 Å². The lowest BCUT2D eigenvalue weighted by Gasteiger charge is -2.06. The molecule has 1 aromatic carbocycles. The van der Waals surface area contributed by atoms with Crippen LogP contribution in [0.5, 0.6) is 5.75 Å². The Kier molecular flexibility index (Phi) is 5.41. The molecule has 1 N–H and O–H groups in total. The van der Waals surface area contributed by atoms with Crippen molar-refractivity contribution in [2.75, 3.05) is 7.11 Å². The molecule has 4 aromatic rings. The molecule has 8 heteroatoms. The van der Waals surface area contributed by atoms with E-state index >= 15 is 0 Å². The predicted molar refractivity (Wildman–Crippen MR) is 114 cm³/mol. The smallest absolute Gasteiger partial charge is 0.228 e. The van der Waals surface area contributed by atoms with Crippen molar-refractivity contribution in [2.24, 2.45) is 0 Å². The third-order valence-electron chi connectivity index (χ3n) is 4.60. The predicted octanol–water partition coefficient (Wildman–Crippen LogP) is 3.99. The number of furan rings is 1. The number of amides is 1. The second kappa shape index (κ2) is 8.16. The molecule has 4 rings (SSSR count). The van der Waals surface area contributed by atoms with E-state index in [1.54, 1.807) is 26.2 Å². The third kappa shape index (κ3) is 3.99.